The molecular weight excluding hydrogens is 198 g/mol. The highest BCUT2D eigenvalue weighted by molar-refractivity contribution is 5.15. The van der Waals surface area contributed by atoms with Crippen molar-refractivity contribution in [1.29, 1.82) is 0 Å². The highest BCUT2D eigenvalue weighted by atomic mass is 19.3. The van der Waals surface area contributed by atoms with E-state index in [1.54, 1.807) is 12.1 Å². The summed E-state index contributed by atoms with van der Waals surface area (Å²) in [6, 6.07) is 4.98. The summed E-state index contributed by atoms with van der Waals surface area (Å²) in [5.74, 6) is -2.86. The van der Waals surface area contributed by atoms with Gasteiger partial charge < -0.3 is 5.32 Å². The van der Waals surface area contributed by atoms with Crippen LogP contribution in [-0.4, -0.2) is 18.1 Å². The Morgan fingerprint density at radius 2 is 2.13 bits per heavy atom. The lowest BCUT2D eigenvalue weighted by Crippen LogP contribution is -2.24. The van der Waals surface area contributed by atoms with Crippen molar-refractivity contribution in [2.24, 2.45) is 0 Å². The zero-order valence-electron chi connectivity index (χ0n) is 9.22. The maximum Gasteiger partial charge on any atom is 0.286 e. The van der Waals surface area contributed by atoms with E-state index in [4.69, 9.17) is 0 Å². The van der Waals surface area contributed by atoms with E-state index in [0.717, 1.165) is 6.92 Å². The zero-order valence-corrected chi connectivity index (χ0v) is 9.22. The molecule has 0 amide bonds. The molecule has 2 nitrogen and oxygen atoms in total. The van der Waals surface area contributed by atoms with Gasteiger partial charge in [-0.15, -0.1) is 0 Å². The molecule has 1 unspecified atom stereocenters. The second kappa shape index (κ2) is 4.66. The molecule has 1 atom stereocenters. The van der Waals surface area contributed by atoms with Gasteiger partial charge >= 0.3 is 0 Å². The molecule has 15 heavy (non-hydrogen) atoms. The number of aromatic nitrogens is 1. The smallest absolute Gasteiger partial charge is 0.286 e. The Kier molecular flexibility index (Phi) is 3.74. The minimum absolute atomic E-state index is 0.164. The van der Waals surface area contributed by atoms with Crippen molar-refractivity contribution in [3.05, 3.63) is 29.6 Å². The van der Waals surface area contributed by atoms with Gasteiger partial charge in [-0.1, -0.05) is 6.07 Å². The van der Waals surface area contributed by atoms with Gasteiger partial charge in [-0.05, 0) is 26.1 Å². The fourth-order valence-corrected chi connectivity index (χ4v) is 1.25. The molecule has 1 aromatic heterocycles. The highest BCUT2D eigenvalue weighted by Gasteiger charge is 2.26. The molecule has 0 spiro atoms. The topological polar surface area (TPSA) is 24.9 Å². The van der Waals surface area contributed by atoms with Gasteiger partial charge in [0.15, 0.2) is 0 Å². The second-order valence-corrected chi connectivity index (χ2v) is 3.80. The molecule has 1 aromatic rings. The van der Waals surface area contributed by atoms with Crippen molar-refractivity contribution in [1.82, 2.24) is 10.3 Å². The first-order chi connectivity index (χ1) is 6.93. The van der Waals surface area contributed by atoms with Crippen molar-refractivity contribution < 1.29 is 8.78 Å². The number of hydrogen-bond acceptors (Lipinski definition) is 2. The number of nitrogens with one attached hydrogen (secondary N) is 1. The molecule has 4 heteroatoms. The third-order valence-electron chi connectivity index (χ3n) is 2.26. The normalized spacial score (nSPS) is 13.9. The van der Waals surface area contributed by atoms with Crippen molar-refractivity contribution in [3.8, 4) is 0 Å². The minimum Gasteiger partial charge on any atom is -0.317 e. The van der Waals surface area contributed by atoms with Crippen LogP contribution >= 0.6 is 0 Å². The summed E-state index contributed by atoms with van der Waals surface area (Å²) in [4.78, 5) is 3.94. The Balaban J connectivity index is 2.84. The molecule has 0 saturated heterocycles. The lowest BCUT2D eigenvalue weighted by atomic mass is 10.1. The first-order valence-electron chi connectivity index (χ1n) is 4.95. The van der Waals surface area contributed by atoms with E-state index in [0.29, 0.717) is 12.1 Å². The Bertz CT molecular complexity index is 321. The van der Waals surface area contributed by atoms with Crippen LogP contribution < -0.4 is 5.32 Å². The van der Waals surface area contributed by atoms with Crippen LogP contribution in [0.4, 0.5) is 8.78 Å². The van der Waals surface area contributed by atoms with Crippen LogP contribution in [0.15, 0.2) is 18.2 Å². The predicted molar refractivity (Wildman–Crippen MR) is 56.0 cm³/mol. The molecule has 0 saturated carbocycles. The fourth-order valence-electron chi connectivity index (χ4n) is 1.25. The molecule has 1 N–H and O–H groups in total. The van der Waals surface area contributed by atoms with Crippen molar-refractivity contribution in [2.75, 3.05) is 7.05 Å². The summed E-state index contributed by atoms with van der Waals surface area (Å²) in [7, 11) is 1.84. The Labute approximate surface area is 88.7 Å². The van der Waals surface area contributed by atoms with Gasteiger partial charge in [0.2, 0.25) is 0 Å². The Hall–Kier alpha value is -1.03. The van der Waals surface area contributed by atoms with E-state index in [-0.39, 0.29) is 11.7 Å². The lowest BCUT2D eigenvalue weighted by molar-refractivity contribution is 0.0125. The van der Waals surface area contributed by atoms with Gasteiger partial charge in [0, 0.05) is 25.1 Å². The largest absolute Gasteiger partial charge is 0.317 e. The molecular formula is C11H16F2N2. The van der Waals surface area contributed by atoms with Gasteiger partial charge in [0.1, 0.15) is 5.69 Å². The molecule has 0 radical (unpaired) electrons. The molecule has 1 rings (SSSR count). The summed E-state index contributed by atoms with van der Waals surface area (Å²) in [5.41, 5.74) is 0.527. The number of pyridine rings is 1. The maximum absolute atomic E-state index is 13.0. The van der Waals surface area contributed by atoms with Crippen LogP contribution in [0.1, 0.15) is 25.2 Å². The average Bonchev–Trinajstić information content (AvgIpc) is 2.17. The molecule has 0 aliphatic heterocycles. The third kappa shape index (κ3) is 3.55. The standard InChI is InChI=1S/C11H16F2N2/c1-8(14-3)7-9-5-4-6-10(15-9)11(2,12)13/h4-6,8,14H,7H2,1-3H3. The van der Waals surface area contributed by atoms with Crippen molar-refractivity contribution >= 4 is 0 Å². The summed E-state index contributed by atoms with van der Waals surface area (Å²) in [6.45, 7) is 2.85. The number of likely N-dealkylation sites (N-methyl/N-ethyl adjacent to an activating group) is 1. The molecule has 0 fully saturated rings. The summed E-state index contributed by atoms with van der Waals surface area (Å²) >= 11 is 0. The maximum atomic E-state index is 13.0. The number of halogens is 2. The number of nitrogens with zero attached hydrogens (tertiary/aromatic N) is 1. The fraction of sp³-hybridized carbons (Fsp3) is 0.545. The molecule has 84 valence electrons. The van der Waals surface area contributed by atoms with Crippen molar-refractivity contribution in [3.63, 3.8) is 0 Å². The van der Waals surface area contributed by atoms with Crippen LogP contribution in [0.25, 0.3) is 0 Å². The average molecular weight is 214 g/mol. The van der Waals surface area contributed by atoms with E-state index >= 15 is 0 Å². The molecule has 0 aliphatic carbocycles. The summed E-state index contributed by atoms with van der Waals surface area (Å²) in [6.07, 6.45) is 0.653. The quantitative estimate of drug-likeness (QED) is 0.832. The first-order valence-corrected chi connectivity index (χ1v) is 4.95. The third-order valence-corrected chi connectivity index (χ3v) is 2.26. The van der Waals surface area contributed by atoms with Crippen LogP contribution in [0, 0.1) is 0 Å². The number of alkyl halides is 2. The van der Waals surface area contributed by atoms with Gasteiger partial charge in [0.25, 0.3) is 5.92 Å². The number of rotatable bonds is 4. The van der Waals surface area contributed by atoms with Gasteiger partial charge in [-0.25, -0.2) is 0 Å². The molecule has 0 aromatic carbocycles. The van der Waals surface area contributed by atoms with E-state index in [1.807, 2.05) is 14.0 Å². The van der Waals surface area contributed by atoms with E-state index < -0.39 is 5.92 Å². The molecule has 0 aliphatic rings. The minimum atomic E-state index is -2.86. The SMILES string of the molecule is CNC(C)Cc1cccc(C(C)(F)F)n1. The summed E-state index contributed by atoms with van der Waals surface area (Å²) < 4.78 is 26.0. The van der Waals surface area contributed by atoms with Crippen LogP contribution in [0.3, 0.4) is 0 Å². The van der Waals surface area contributed by atoms with Crippen molar-refractivity contribution in [2.45, 2.75) is 32.2 Å². The van der Waals surface area contributed by atoms with E-state index in [9.17, 15) is 8.78 Å². The Morgan fingerprint density at radius 1 is 1.47 bits per heavy atom. The zero-order chi connectivity index (χ0) is 11.5. The van der Waals surface area contributed by atoms with Gasteiger partial charge in [0.05, 0.1) is 0 Å². The summed E-state index contributed by atoms with van der Waals surface area (Å²) in [5, 5.41) is 3.04. The van der Waals surface area contributed by atoms with Crippen LogP contribution in [0.5, 0.6) is 0 Å². The highest BCUT2D eigenvalue weighted by Crippen LogP contribution is 2.24. The monoisotopic (exact) mass is 214 g/mol. The van der Waals surface area contributed by atoms with Crippen LogP contribution in [-0.2, 0) is 12.3 Å². The van der Waals surface area contributed by atoms with Gasteiger partial charge in [-0.3, -0.25) is 4.98 Å². The van der Waals surface area contributed by atoms with Gasteiger partial charge in [-0.2, -0.15) is 8.78 Å². The lowest BCUT2D eigenvalue weighted by Gasteiger charge is -2.13. The van der Waals surface area contributed by atoms with Crippen LogP contribution in [0.2, 0.25) is 0 Å². The second-order valence-electron chi connectivity index (χ2n) is 3.80. The molecule has 0 bridgehead atoms. The Morgan fingerprint density at radius 3 is 2.67 bits per heavy atom. The predicted octanol–water partition coefficient (Wildman–Crippen LogP) is 2.34. The van der Waals surface area contributed by atoms with E-state index in [2.05, 4.69) is 10.3 Å². The number of hydrogen-bond donors (Lipinski definition) is 1. The molecule has 1 heterocycles. The van der Waals surface area contributed by atoms with E-state index in [1.165, 1.54) is 6.07 Å². The first kappa shape index (κ1) is 12.0.